The number of hydrogen-bond donors (Lipinski definition) is 3. The molecule has 0 aromatic carbocycles. The minimum absolute atomic E-state index is 0.0935. The molecule has 1 saturated heterocycles. The van der Waals surface area contributed by atoms with Crippen molar-refractivity contribution in [1.29, 1.82) is 0 Å². The first-order valence-electron chi connectivity index (χ1n) is 9.71. The van der Waals surface area contributed by atoms with Crippen molar-refractivity contribution in [2.45, 2.75) is 72.4 Å². The van der Waals surface area contributed by atoms with Gasteiger partial charge in [-0.2, -0.15) is 0 Å². The van der Waals surface area contributed by atoms with Crippen LogP contribution in [-0.2, 0) is 14.3 Å². The van der Waals surface area contributed by atoms with Gasteiger partial charge in [0.15, 0.2) is 0 Å². The van der Waals surface area contributed by atoms with E-state index in [0.29, 0.717) is 18.3 Å². The molecule has 0 aromatic rings. The number of carbonyl (C=O) groups excluding carboxylic acids is 1. The van der Waals surface area contributed by atoms with Crippen molar-refractivity contribution in [3.05, 3.63) is 24.1 Å². The topological polar surface area (TPSA) is 79.8 Å². The number of nitrogens with one attached hydrogen (secondary N) is 2. The zero-order valence-electron chi connectivity index (χ0n) is 18.3. The van der Waals surface area contributed by atoms with Crippen LogP contribution in [0, 0.1) is 5.41 Å². The first-order chi connectivity index (χ1) is 12.6. The fourth-order valence-electron chi connectivity index (χ4n) is 2.60. The van der Waals surface area contributed by atoms with Crippen LogP contribution < -0.4 is 10.6 Å². The van der Waals surface area contributed by atoms with E-state index in [2.05, 4.69) is 44.9 Å². The van der Waals surface area contributed by atoms with Gasteiger partial charge in [-0.25, -0.2) is 0 Å². The highest BCUT2D eigenvalue weighted by molar-refractivity contribution is 5.87. The van der Waals surface area contributed by atoms with Crippen molar-refractivity contribution in [3.8, 4) is 0 Å². The van der Waals surface area contributed by atoms with Gasteiger partial charge in [0.05, 0.1) is 12.1 Å². The molecule has 1 aliphatic rings. The van der Waals surface area contributed by atoms with Crippen molar-refractivity contribution in [2.24, 2.45) is 5.41 Å². The third kappa shape index (κ3) is 9.94. The fourth-order valence-corrected chi connectivity index (χ4v) is 2.60. The molecule has 3 N–H and O–H groups in total. The summed E-state index contributed by atoms with van der Waals surface area (Å²) in [6.45, 7) is 18.2. The van der Waals surface area contributed by atoms with Crippen molar-refractivity contribution in [2.75, 3.05) is 26.9 Å². The first-order valence-corrected chi connectivity index (χ1v) is 9.71. The zero-order chi connectivity index (χ0) is 21.1. The number of aliphatic hydroxyl groups is 1. The van der Waals surface area contributed by atoms with Gasteiger partial charge < -0.3 is 25.2 Å². The van der Waals surface area contributed by atoms with Crippen LogP contribution in [0.2, 0.25) is 0 Å². The summed E-state index contributed by atoms with van der Waals surface area (Å²) >= 11 is 0. The molecule has 6 heteroatoms. The summed E-state index contributed by atoms with van der Waals surface area (Å²) in [5.41, 5.74) is -0.267. The lowest BCUT2D eigenvalue weighted by molar-refractivity contribution is -0.126. The summed E-state index contributed by atoms with van der Waals surface area (Å²) in [6.07, 6.45) is 4.62. The van der Waals surface area contributed by atoms with Gasteiger partial charge in [-0.1, -0.05) is 34.3 Å². The SMILES string of the molecule is C=C(/C=C(\OCCC)C(C)(C)C)NC(=O)C(C)(C)NC1CCOCC1.CO. The average molecular weight is 385 g/mol. The minimum Gasteiger partial charge on any atom is -0.497 e. The fraction of sp³-hybridized carbons (Fsp3) is 0.762. The molecule has 0 bridgehead atoms. The van der Waals surface area contributed by atoms with Crippen molar-refractivity contribution in [3.63, 3.8) is 0 Å². The first kappa shape index (κ1) is 25.6. The quantitative estimate of drug-likeness (QED) is 0.443. The Labute approximate surface area is 165 Å². The van der Waals surface area contributed by atoms with E-state index in [9.17, 15) is 4.79 Å². The third-order valence-electron chi connectivity index (χ3n) is 4.13. The molecule has 1 rings (SSSR count). The second kappa shape index (κ2) is 12.2. The molecule has 0 atom stereocenters. The number of hydrogen-bond acceptors (Lipinski definition) is 5. The Morgan fingerprint density at radius 2 is 1.78 bits per heavy atom. The third-order valence-corrected chi connectivity index (χ3v) is 4.13. The number of ether oxygens (including phenoxy) is 2. The standard InChI is InChI=1S/C20H36N2O3.CH4O/c1-8-11-25-17(19(3,4)5)14-15(2)21-18(23)20(6,7)22-16-9-12-24-13-10-16;1-2/h14,16,22H,2,8-13H2,1,3-7H3,(H,21,23);2H,1H3/b17-14-;. The van der Waals surface area contributed by atoms with E-state index in [4.69, 9.17) is 14.6 Å². The van der Waals surface area contributed by atoms with E-state index in [1.165, 1.54) is 0 Å². The van der Waals surface area contributed by atoms with Crippen LogP contribution in [0.5, 0.6) is 0 Å². The molecule has 1 aliphatic heterocycles. The van der Waals surface area contributed by atoms with E-state index >= 15 is 0 Å². The summed E-state index contributed by atoms with van der Waals surface area (Å²) in [5.74, 6) is 0.735. The summed E-state index contributed by atoms with van der Waals surface area (Å²) in [4.78, 5) is 12.7. The van der Waals surface area contributed by atoms with Crippen LogP contribution in [0.3, 0.4) is 0 Å². The maximum atomic E-state index is 12.7. The molecule has 1 fully saturated rings. The zero-order valence-corrected chi connectivity index (χ0v) is 18.3. The minimum atomic E-state index is -0.676. The molecule has 6 nitrogen and oxygen atoms in total. The van der Waals surface area contributed by atoms with Crippen molar-refractivity contribution >= 4 is 5.91 Å². The predicted molar refractivity (Wildman–Crippen MR) is 110 cm³/mol. The highest BCUT2D eigenvalue weighted by Crippen LogP contribution is 2.27. The molecule has 158 valence electrons. The molecule has 0 aromatic heterocycles. The summed E-state index contributed by atoms with van der Waals surface area (Å²) in [7, 11) is 1.00. The van der Waals surface area contributed by atoms with Crippen molar-refractivity contribution < 1.29 is 19.4 Å². The summed E-state index contributed by atoms with van der Waals surface area (Å²) in [6, 6.07) is 0.302. The van der Waals surface area contributed by atoms with Gasteiger partial charge >= 0.3 is 0 Å². The van der Waals surface area contributed by atoms with E-state index in [1.54, 1.807) is 0 Å². The van der Waals surface area contributed by atoms with E-state index < -0.39 is 5.54 Å². The molecule has 27 heavy (non-hydrogen) atoms. The Morgan fingerprint density at radius 3 is 2.26 bits per heavy atom. The van der Waals surface area contributed by atoms with Crippen LogP contribution in [-0.4, -0.2) is 49.5 Å². The highest BCUT2D eigenvalue weighted by Gasteiger charge is 2.31. The Morgan fingerprint density at radius 1 is 1.22 bits per heavy atom. The molecular weight excluding hydrogens is 344 g/mol. The Kier molecular flexibility index (Phi) is 11.5. The molecule has 0 saturated carbocycles. The Hall–Kier alpha value is -1.37. The molecule has 0 spiro atoms. The monoisotopic (exact) mass is 384 g/mol. The summed E-state index contributed by atoms with van der Waals surface area (Å²) < 4.78 is 11.2. The number of allylic oxidation sites excluding steroid dienone is 2. The average Bonchev–Trinajstić information content (AvgIpc) is 2.59. The van der Waals surface area contributed by atoms with Crippen LogP contribution in [0.25, 0.3) is 0 Å². The van der Waals surface area contributed by atoms with Gasteiger partial charge in [0.1, 0.15) is 5.76 Å². The predicted octanol–water partition coefficient (Wildman–Crippen LogP) is 3.13. The summed E-state index contributed by atoms with van der Waals surface area (Å²) in [5, 5.41) is 13.3. The number of amides is 1. The lowest BCUT2D eigenvalue weighted by Crippen LogP contribution is -2.56. The van der Waals surface area contributed by atoms with Crippen molar-refractivity contribution in [1.82, 2.24) is 10.6 Å². The Bertz CT molecular complexity index is 487. The van der Waals surface area contributed by atoms with Gasteiger partial charge in [-0.05, 0) is 39.2 Å². The number of carbonyl (C=O) groups is 1. The second-order valence-electron chi connectivity index (χ2n) is 8.24. The van der Waals surface area contributed by atoms with Gasteiger partial charge in [0.2, 0.25) is 5.91 Å². The maximum Gasteiger partial charge on any atom is 0.244 e. The second-order valence-corrected chi connectivity index (χ2v) is 8.24. The maximum absolute atomic E-state index is 12.7. The van der Waals surface area contributed by atoms with Crippen LogP contribution in [0.4, 0.5) is 0 Å². The normalized spacial score (nSPS) is 16.2. The van der Waals surface area contributed by atoms with Gasteiger partial charge in [0.25, 0.3) is 0 Å². The molecule has 1 amide bonds. The molecule has 1 heterocycles. The van der Waals surface area contributed by atoms with Crippen LogP contribution >= 0.6 is 0 Å². The Balaban J connectivity index is 0.00000326. The van der Waals surface area contributed by atoms with Gasteiger partial charge in [-0.15, -0.1) is 0 Å². The van der Waals surface area contributed by atoms with Crippen LogP contribution in [0.1, 0.15) is 60.8 Å². The smallest absolute Gasteiger partial charge is 0.244 e. The number of aliphatic hydroxyl groups excluding tert-OH is 1. The van der Waals surface area contributed by atoms with Gasteiger partial charge in [-0.3, -0.25) is 4.79 Å². The highest BCUT2D eigenvalue weighted by atomic mass is 16.5. The van der Waals surface area contributed by atoms with Gasteiger partial charge in [0, 0.05) is 37.5 Å². The lowest BCUT2D eigenvalue weighted by Gasteiger charge is -2.33. The molecular formula is C21H40N2O4. The van der Waals surface area contributed by atoms with E-state index in [0.717, 1.165) is 45.3 Å². The molecule has 0 radical (unpaired) electrons. The molecule has 0 unspecified atom stereocenters. The van der Waals surface area contributed by atoms with E-state index in [1.807, 2.05) is 19.9 Å². The number of rotatable bonds is 8. The molecule has 0 aliphatic carbocycles. The van der Waals surface area contributed by atoms with E-state index in [-0.39, 0.29) is 11.3 Å². The lowest BCUT2D eigenvalue weighted by atomic mass is 9.93. The van der Waals surface area contributed by atoms with Crippen LogP contribution in [0.15, 0.2) is 24.1 Å². The largest absolute Gasteiger partial charge is 0.497 e.